The maximum atomic E-state index is 13.2. The smallest absolute Gasteiger partial charge is 0.244 e. The van der Waals surface area contributed by atoms with Crippen molar-refractivity contribution in [1.29, 1.82) is 0 Å². The molecule has 1 fully saturated rings. The highest BCUT2D eigenvalue weighted by Crippen LogP contribution is 2.23. The second kappa shape index (κ2) is 6.60. The number of nitrogens with one attached hydrogen (secondary N) is 1. The van der Waals surface area contributed by atoms with Crippen LogP contribution in [0.15, 0.2) is 23.4 Å². The van der Waals surface area contributed by atoms with Crippen molar-refractivity contribution in [3.8, 4) is 0 Å². The standard InChI is InChI=1S/C13H20FN3O2S/c1-2-15-7-11-4-3-5-17(10-11)20(18,19)13-6-12(14)8-16-9-13/h6,8-9,11,15H,2-5,7,10H2,1H3. The van der Waals surface area contributed by atoms with Gasteiger partial charge in [0.15, 0.2) is 0 Å². The number of piperidine rings is 1. The van der Waals surface area contributed by atoms with E-state index in [1.807, 2.05) is 6.92 Å². The normalized spacial score (nSPS) is 21.0. The molecule has 5 nitrogen and oxygen atoms in total. The van der Waals surface area contributed by atoms with Gasteiger partial charge >= 0.3 is 0 Å². The third kappa shape index (κ3) is 3.53. The van der Waals surface area contributed by atoms with Crippen LogP contribution < -0.4 is 5.32 Å². The SMILES string of the molecule is CCNCC1CCCN(S(=O)(=O)c2cncc(F)c2)C1. The molecule has 1 aromatic heterocycles. The summed E-state index contributed by atoms with van der Waals surface area (Å²) < 4.78 is 39.5. The van der Waals surface area contributed by atoms with E-state index in [-0.39, 0.29) is 4.90 Å². The van der Waals surface area contributed by atoms with Crippen LogP contribution in [0.3, 0.4) is 0 Å². The second-order valence-corrected chi connectivity index (χ2v) is 6.96. The second-order valence-electron chi connectivity index (χ2n) is 5.02. The number of aromatic nitrogens is 1. The first-order valence-corrected chi connectivity index (χ1v) is 8.29. The molecule has 20 heavy (non-hydrogen) atoms. The van der Waals surface area contributed by atoms with Gasteiger partial charge in [0.25, 0.3) is 0 Å². The molecule has 0 bridgehead atoms. The molecule has 7 heteroatoms. The Morgan fingerprint density at radius 1 is 1.50 bits per heavy atom. The lowest BCUT2D eigenvalue weighted by Gasteiger charge is -2.31. The molecule has 0 saturated carbocycles. The monoisotopic (exact) mass is 301 g/mol. The minimum Gasteiger partial charge on any atom is -0.317 e. The van der Waals surface area contributed by atoms with Gasteiger partial charge in [-0.3, -0.25) is 4.98 Å². The fourth-order valence-corrected chi connectivity index (χ4v) is 3.97. The molecule has 1 N–H and O–H groups in total. The van der Waals surface area contributed by atoms with E-state index in [9.17, 15) is 12.8 Å². The summed E-state index contributed by atoms with van der Waals surface area (Å²) in [4.78, 5) is 3.55. The lowest BCUT2D eigenvalue weighted by Crippen LogP contribution is -2.42. The number of sulfonamides is 1. The highest BCUT2D eigenvalue weighted by atomic mass is 32.2. The van der Waals surface area contributed by atoms with Crippen molar-refractivity contribution >= 4 is 10.0 Å². The highest BCUT2D eigenvalue weighted by Gasteiger charge is 2.30. The van der Waals surface area contributed by atoms with Crippen LogP contribution in [0.4, 0.5) is 4.39 Å². The lowest BCUT2D eigenvalue weighted by molar-refractivity contribution is 0.261. The van der Waals surface area contributed by atoms with Gasteiger partial charge in [0, 0.05) is 19.3 Å². The summed E-state index contributed by atoms with van der Waals surface area (Å²) in [6, 6.07) is 1.02. The first-order valence-electron chi connectivity index (χ1n) is 6.85. The van der Waals surface area contributed by atoms with Crippen LogP contribution in [0, 0.1) is 11.7 Å². The van der Waals surface area contributed by atoms with Crippen molar-refractivity contribution in [2.24, 2.45) is 5.92 Å². The molecular formula is C13H20FN3O2S. The molecular weight excluding hydrogens is 281 g/mol. The van der Waals surface area contributed by atoms with Gasteiger partial charge in [0.2, 0.25) is 10.0 Å². The van der Waals surface area contributed by atoms with E-state index in [4.69, 9.17) is 0 Å². The molecule has 112 valence electrons. The summed E-state index contributed by atoms with van der Waals surface area (Å²) in [5.74, 6) is -0.327. The van der Waals surface area contributed by atoms with Crippen molar-refractivity contribution in [2.45, 2.75) is 24.7 Å². The Balaban J connectivity index is 2.13. The number of halogens is 1. The molecule has 2 rings (SSSR count). The van der Waals surface area contributed by atoms with Gasteiger partial charge in [-0.1, -0.05) is 6.92 Å². The number of pyridine rings is 1. The van der Waals surface area contributed by atoms with Gasteiger partial charge in [-0.15, -0.1) is 0 Å². The predicted octanol–water partition coefficient (Wildman–Crippen LogP) is 1.23. The van der Waals surface area contributed by atoms with Crippen LogP contribution in [0.25, 0.3) is 0 Å². The van der Waals surface area contributed by atoms with Gasteiger partial charge in [-0.05, 0) is 37.9 Å². The van der Waals surface area contributed by atoms with Crippen LogP contribution in [0.1, 0.15) is 19.8 Å². The van der Waals surface area contributed by atoms with E-state index >= 15 is 0 Å². The molecule has 0 aliphatic carbocycles. The molecule has 1 unspecified atom stereocenters. The van der Waals surface area contributed by atoms with E-state index in [0.717, 1.165) is 38.2 Å². The average molecular weight is 301 g/mol. The molecule has 1 aliphatic rings. The number of rotatable bonds is 5. The first-order chi connectivity index (χ1) is 9.54. The van der Waals surface area contributed by atoms with Crippen LogP contribution >= 0.6 is 0 Å². The average Bonchev–Trinajstić information content (AvgIpc) is 2.45. The fraction of sp³-hybridized carbons (Fsp3) is 0.615. The molecule has 0 radical (unpaired) electrons. The van der Waals surface area contributed by atoms with E-state index < -0.39 is 15.8 Å². The summed E-state index contributed by atoms with van der Waals surface area (Å²) >= 11 is 0. The van der Waals surface area contributed by atoms with Crippen molar-refractivity contribution in [3.63, 3.8) is 0 Å². The Morgan fingerprint density at radius 3 is 3.00 bits per heavy atom. The van der Waals surface area contributed by atoms with Gasteiger partial charge in [-0.2, -0.15) is 4.31 Å². The zero-order valence-electron chi connectivity index (χ0n) is 11.5. The van der Waals surface area contributed by atoms with E-state index in [0.29, 0.717) is 19.0 Å². The van der Waals surface area contributed by atoms with E-state index in [2.05, 4.69) is 10.3 Å². The Kier molecular flexibility index (Phi) is 5.06. The minimum atomic E-state index is -3.64. The fourth-order valence-electron chi connectivity index (χ4n) is 2.44. The summed E-state index contributed by atoms with van der Waals surface area (Å²) in [5.41, 5.74) is 0. The topological polar surface area (TPSA) is 62.3 Å². The Labute approximate surface area is 119 Å². The van der Waals surface area contributed by atoms with Crippen molar-refractivity contribution in [3.05, 3.63) is 24.3 Å². The van der Waals surface area contributed by atoms with Gasteiger partial charge in [-0.25, -0.2) is 12.8 Å². The van der Waals surface area contributed by atoms with Crippen molar-refractivity contribution in [1.82, 2.24) is 14.6 Å². The Hall–Kier alpha value is -1.05. The Morgan fingerprint density at radius 2 is 2.30 bits per heavy atom. The quantitative estimate of drug-likeness (QED) is 0.888. The molecule has 1 aromatic rings. The molecule has 0 spiro atoms. The highest BCUT2D eigenvalue weighted by molar-refractivity contribution is 7.89. The summed E-state index contributed by atoms with van der Waals surface area (Å²) in [5, 5.41) is 3.25. The van der Waals surface area contributed by atoms with Crippen LogP contribution in [0.5, 0.6) is 0 Å². The van der Waals surface area contributed by atoms with Gasteiger partial charge < -0.3 is 5.32 Å². The molecule has 2 heterocycles. The molecule has 1 aliphatic heterocycles. The van der Waals surface area contributed by atoms with Crippen molar-refractivity contribution < 1.29 is 12.8 Å². The van der Waals surface area contributed by atoms with Crippen LogP contribution in [0.2, 0.25) is 0 Å². The predicted molar refractivity (Wildman–Crippen MR) is 74.2 cm³/mol. The zero-order valence-corrected chi connectivity index (χ0v) is 12.4. The van der Waals surface area contributed by atoms with Crippen molar-refractivity contribution in [2.75, 3.05) is 26.2 Å². The van der Waals surface area contributed by atoms with Gasteiger partial charge in [0.1, 0.15) is 10.7 Å². The molecule has 1 atom stereocenters. The summed E-state index contributed by atoms with van der Waals surface area (Å²) in [6.07, 6.45) is 4.05. The lowest BCUT2D eigenvalue weighted by atomic mass is 10.00. The number of nitrogens with zero attached hydrogens (tertiary/aromatic N) is 2. The number of hydrogen-bond donors (Lipinski definition) is 1. The molecule has 0 amide bonds. The van der Waals surface area contributed by atoms with Crippen LogP contribution in [-0.2, 0) is 10.0 Å². The number of hydrogen-bond acceptors (Lipinski definition) is 4. The summed E-state index contributed by atoms with van der Waals surface area (Å²) in [6.45, 7) is 4.67. The van der Waals surface area contributed by atoms with E-state index in [1.54, 1.807) is 0 Å². The van der Waals surface area contributed by atoms with Gasteiger partial charge in [0.05, 0.1) is 6.20 Å². The largest absolute Gasteiger partial charge is 0.317 e. The molecule has 1 saturated heterocycles. The van der Waals surface area contributed by atoms with Crippen LogP contribution in [-0.4, -0.2) is 43.9 Å². The Bertz CT molecular complexity index is 550. The first kappa shape index (κ1) is 15.3. The minimum absolute atomic E-state index is 0.0680. The molecule has 0 aromatic carbocycles. The maximum Gasteiger partial charge on any atom is 0.244 e. The van der Waals surface area contributed by atoms with E-state index in [1.165, 1.54) is 10.5 Å². The summed E-state index contributed by atoms with van der Waals surface area (Å²) in [7, 11) is -3.64. The third-order valence-corrected chi connectivity index (χ3v) is 5.31. The zero-order chi connectivity index (χ0) is 14.6. The third-order valence-electron chi connectivity index (χ3n) is 3.48. The maximum absolute atomic E-state index is 13.2.